The molecule has 1 aliphatic rings. The number of nitrogens with zero attached hydrogens (tertiary/aromatic N) is 4. The van der Waals surface area contributed by atoms with E-state index in [1.165, 1.54) is 36.8 Å². The summed E-state index contributed by atoms with van der Waals surface area (Å²) in [6, 6.07) is 8.56. The smallest absolute Gasteiger partial charge is 0.472 e. The molecule has 4 rings (SSSR count). The summed E-state index contributed by atoms with van der Waals surface area (Å²) >= 11 is 6.35. The Morgan fingerprint density at radius 2 is 1.92 bits per heavy atom. The maximum atomic E-state index is 12.7. The number of likely N-dealkylation sites (N-methyl/N-ethyl adjacent to an activating group) is 1. The third-order valence-corrected chi connectivity index (χ3v) is 7.75. The van der Waals surface area contributed by atoms with Crippen LogP contribution in [0.3, 0.4) is 0 Å². The Balaban J connectivity index is 1.47. The first-order valence-electron chi connectivity index (χ1n) is 11.5. The van der Waals surface area contributed by atoms with E-state index in [9.17, 15) is 21.6 Å². The molecule has 14 heteroatoms. The van der Waals surface area contributed by atoms with Crippen molar-refractivity contribution in [2.45, 2.75) is 48.6 Å². The summed E-state index contributed by atoms with van der Waals surface area (Å²) in [5.41, 5.74) is 0.749. The van der Waals surface area contributed by atoms with Gasteiger partial charge in [0.15, 0.2) is 0 Å². The van der Waals surface area contributed by atoms with Gasteiger partial charge in [-0.2, -0.15) is 0 Å². The first-order chi connectivity index (χ1) is 17.9. The molecule has 3 atom stereocenters. The van der Waals surface area contributed by atoms with E-state index in [1.54, 1.807) is 12.1 Å². The first-order valence-corrected chi connectivity index (χ1v) is 13.4. The molecule has 9 nitrogen and oxygen atoms in total. The molecule has 1 N–H and O–H groups in total. The Morgan fingerprint density at radius 1 is 1.13 bits per heavy atom. The molecular weight excluding hydrogens is 547 g/mol. The van der Waals surface area contributed by atoms with Crippen LogP contribution in [-0.4, -0.2) is 60.9 Å². The number of hydrogen-bond acceptors (Lipinski definition) is 8. The monoisotopic (exact) mass is 571 g/mol. The van der Waals surface area contributed by atoms with Gasteiger partial charge in [-0.25, -0.2) is 23.4 Å². The third-order valence-electron chi connectivity index (χ3n) is 6.16. The van der Waals surface area contributed by atoms with Crippen molar-refractivity contribution in [3.63, 3.8) is 0 Å². The molecular formula is C24H25ClF3N5O4S. The van der Waals surface area contributed by atoms with E-state index in [1.807, 2.05) is 19.0 Å². The van der Waals surface area contributed by atoms with Crippen LogP contribution in [0.15, 0.2) is 60.0 Å². The van der Waals surface area contributed by atoms with Crippen molar-refractivity contribution in [2.75, 3.05) is 18.8 Å². The Hall–Kier alpha value is -3.16. The number of anilines is 1. The Labute approximate surface area is 223 Å². The number of benzene rings is 1. The molecule has 2 aromatic heterocycles. The van der Waals surface area contributed by atoms with Crippen LogP contribution in [0.2, 0.25) is 5.02 Å². The summed E-state index contributed by atoms with van der Waals surface area (Å²) in [6.07, 6.45) is 0.500. The van der Waals surface area contributed by atoms with Crippen molar-refractivity contribution in [3.8, 4) is 11.6 Å². The Kier molecular flexibility index (Phi) is 8.28. The fraction of sp³-hybridized carbons (Fsp3) is 0.375. The number of pyridine rings is 1. The number of hydrogen-bond donors (Lipinski definition) is 1. The average molecular weight is 572 g/mol. The summed E-state index contributed by atoms with van der Waals surface area (Å²) in [6.45, 7) is 0. The summed E-state index contributed by atoms with van der Waals surface area (Å²) < 4.78 is 75.9. The van der Waals surface area contributed by atoms with Gasteiger partial charge in [-0.1, -0.05) is 23.7 Å². The van der Waals surface area contributed by atoms with Gasteiger partial charge in [0.25, 0.3) is 10.0 Å². The average Bonchev–Trinajstić information content (AvgIpc) is 2.84. The standard InChI is InChI=1S/C24H25ClF3N5O4S/c1-33(2)20-11-16(15-4-3-5-17(10-15)37-24(26,27)28)6-7-21(20)36-23-19(25)12-18(13-30-23)38(34,35)32-22-8-9-29-14-31-22/h3-5,8-10,12-14,16,20-21H,6-7,11H2,1-2H3,(H,29,31,32)/t16-,20-,21-/m0/s1. The maximum Gasteiger partial charge on any atom is 0.573 e. The largest absolute Gasteiger partial charge is 0.573 e. The number of ether oxygens (including phenoxy) is 2. The Bertz CT molecular complexity index is 1360. The number of alkyl halides is 3. The minimum Gasteiger partial charge on any atom is -0.472 e. The molecule has 0 aliphatic heterocycles. The van der Waals surface area contributed by atoms with Gasteiger partial charge >= 0.3 is 6.36 Å². The molecule has 0 bridgehead atoms. The van der Waals surface area contributed by atoms with E-state index in [-0.39, 0.29) is 45.4 Å². The zero-order chi connectivity index (χ0) is 27.5. The van der Waals surface area contributed by atoms with Crippen LogP contribution in [0.5, 0.6) is 11.6 Å². The van der Waals surface area contributed by atoms with E-state index >= 15 is 0 Å². The van der Waals surface area contributed by atoms with Crippen LogP contribution in [0.25, 0.3) is 0 Å². The van der Waals surface area contributed by atoms with Crippen molar-refractivity contribution in [1.29, 1.82) is 0 Å². The van der Waals surface area contributed by atoms with Crippen molar-refractivity contribution in [3.05, 3.63) is 65.7 Å². The van der Waals surface area contributed by atoms with E-state index in [0.29, 0.717) is 19.3 Å². The molecule has 0 amide bonds. The second-order valence-electron chi connectivity index (χ2n) is 8.98. The number of halogens is 4. The molecule has 38 heavy (non-hydrogen) atoms. The lowest BCUT2D eigenvalue weighted by Gasteiger charge is -2.39. The van der Waals surface area contributed by atoms with Crippen LogP contribution < -0.4 is 14.2 Å². The van der Waals surface area contributed by atoms with Crippen LogP contribution in [0.4, 0.5) is 19.0 Å². The van der Waals surface area contributed by atoms with Gasteiger partial charge in [-0.05, 0) is 69.1 Å². The lowest BCUT2D eigenvalue weighted by atomic mass is 9.79. The van der Waals surface area contributed by atoms with E-state index in [2.05, 4.69) is 24.4 Å². The van der Waals surface area contributed by atoms with Crippen molar-refractivity contribution in [2.24, 2.45) is 0 Å². The molecule has 0 saturated heterocycles. The molecule has 1 fully saturated rings. The number of sulfonamides is 1. The molecule has 1 aliphatic carbocycles. The van der Waals surface area contributed by atoms with E-state index in [0.717, 1.165) is 11.8 Å². The molecule has 1 saturated carbocycles. The predicted molar refractivity (Wildman–Crippen MR) is 134 cm³/mol. The number of nitrogens with one attached hydrogen (secondary N) is 1. The third kappa shape index (κ3) is 7.03. The minimum absolute atomic E-state index is 0.0112. The first kappa shape index (κ1) is 27.9. The second-order valence-corrected chi connectivity index (χ2v) is 11.1. The van der Waals surface area contributed by atoms with Gasteiger partial charge in [-0.3, -0.25) is 4.72 Å². The molecule has 1 aromatic carbocycles. The summed E-state index contributed by atoms with van der Waals surface area (Å²) in [4.78, 5) is 13.5. The molecule has 0 spiro atoms. The zero-order valence-corrected chi connectivity index (χ0v) is 22.0. The maximum absolute atomic E-state index is 12.7. The zero-order valence-electron chi connectivity index (χ0n) is 20.4. The summed E-state index contributed by atoms with van der Waals surface area (Å²) in [5, 5.41) is 0.0205. The van der Waals surface area contributed by atoms with Gasteiger partial charge in [0.05, 0.1) is 6.20 Å². The second kappa shape index (κ2) is 11.3. The molecule has 2 heterocycles. The van der Waals surface area contributed by atoms with E-state index < -0.39 is 16.4 Å². The van der Waals surface area contributed by atoms with Gasteiger partial charge in [0.1, 0.15) is 33.9 Å². The van der Waals surface area contributed by atoms with Gasteiger partial charge < -0.3 is 14.4 Å². The molecule has 0 unspecified atom stereocenters. The molecule has 3 aromatic rings. The van der Waals surface area contributed by atoms with Crippen molar-refractivity contribution >= 4 is 27.4 Å². The van der Waals surface area contributed by atoms with Gasteiger partial charge in [0, 0.05) is 12.2 Å². The highest BCUT2D eigenvalue weighted by atomic mass is 35.5. The summed E-state index contributed by atoms with van der Waals surface area (Å²) in [7, 11) is -0.224. The summed E-state index contributed by atoms with van der Waals surface area (Å²) in [5.74, 6) is -0.0843. The molecule has 0 radical (unpaired) electrons. The lowest BCUT2D eigenvalue weighted by Crippen LogP contribution is -2.46. The fourth-order valence-corrected chi connectivity index (χ4v) is 5.65. The molecule has 204 valence electrons. The topological polar surface area (TPSA) is 107 Å². The highest BCUT2D eigenvalue weighted by Crippen LogP contribution is 2.38. The lowest BCUT2D eigenvalue weighted by molar-refractivity contribution is -0.274. The quantitative estimate of drug-likeness (QED) is 0.408. The van der Waals surface area contributed by atoms with Crippen LogP contribution >= 0.6 is 11.6 Å². The van der Waals surface area contributed by atoms with E-state index in [4.69, 9.17) is 16.3 Å². The SMILES string of the molecule is CN(C)[C@H]1C[C@@H](c2cccc(OC(F)(F)F)c2)CC[C@@H]1Oc1ncc(S(=O)(=O)Nc2ccncn2)cc1Cl. The van der Waals surface area contributed by atoms with Crippen LogP contribution in [0, 0.1) is 0 Å². The minimum atomic E-state index is -4.76. The predicted octanol–water partition coefficient (Wildman–Crippen LogP) is 4.87. The van der Waals surface area contributed by atoms with Crippen LogP contribution in [0.1, 0.15) is 30.7 Å². The number of aromatic nitrogens is 3. The highest BCUT2D eigenvalue weighted by molar-refractivity contribution is 7.92. The van der Waals surface area contributed by atoms with Gasteiger partial charge in [-0.15, -0.1) is 13.2 Å². The van der Waals surface area contributed by atoms with Crippen molar-refractivity contribution in [1.82, 2.24) is 19.9 Å². The normalized spacial score (nSPS) is 20.2. The fourth-order valence-electron chi connectivity index (χ4n) is 4.40. The van der Waals surface area contributed by atoms with Crippen molar-refractivity contribution < 1.29 is 31.1 Å². The highest BCUT2D eigenvalue weighted by Gasteiger charge is 2.36. The number of rotatable bonds is 8. The van der Waals surface area contributed by atoms with Gasteiger partial charge in [0.2, 0.25) is 5.88 Å². The van der Waals surface area contributed by atoms with Crippen LogP contribution in [-0.2, 0) is 10.0 Å². The Morgan fingerprint density at radius 3 is 2.58 bits per heavy atom.